The molecule has 1 aliphatic heterocycles. The van der Waals surface area contributed by atoms with Crippen LogP contribution in [0.4, 0.5) is 4.79 Å². The number of aromatic amines is 2. The van der Waals surface area contributed by atoms with Crippen molar-refractivity contribution < 1.29 is 19.1 Å². The van der Waals surface area contributed by atoms with Gasteiger partial charge in [0.15, 0.2) is 0 Å². The van der Waals surface area contributed by atoms with Crippen LogP contribution in [-0.2, 0) is 20.9 Å². The van der Waals surface area contributed by atoms with Crippen molar-refractivity contribution in [3.05, 3.63) is 102 Å². The van der Waals surface area contributed by atoms with Crippen LogP contribution in [0.15, 0.2) is 79.3 Å². The van der Waals surface area contributed by atoms with Gasteiger partial charge in [0.1, 0.15) is 17.7 Å². The van der Waals surface area contributed by atoms with Gasteiger partial charge in [-0.1, -0.05) is 68.4 Å². The molecule has 3 aliphatic carbocycles. The number of methoxy groups -OCH3 is 1. The molecular formula is C46H52N8O4. The lowest BCUT2D eigenvalue weighted by Gasteiger charge is -2.30. The average Bonchev–Trinajstić information content (AvgIpc) is 3.82. The topological polar surface area (TPSA) is 158 Å². The predicted octanol–water partition coefficient (Wildman–Crippen LogP) is 7.90. The highest BCUT2D eigenvalue weighted by Crippen LogP contribution is 2.56. The first-order chi connectivity index (χ1) is 28.2. The molecule has 12 nitrogen and oxygen atoms in total. The minimum atomic E-state index is -0.676. The quantitative estimate of drug-likeness (QED) is 0.100. The Bertz CT molecular complexity index is 2280. The summed E-state index contributed by atoms with van der Waals surface area (Å²) in [5.74, 6) is 3.02. The van der Waals surface area contributed by atoms with E-state index in [1.54, 1.807) is 0 Å². The van der Waals surface area contributed by atoms with Crippen LogP contribution in [0.5, 0.6) is 0 Å². The second kappa shape index (κ2) is 15.9. The zero-order chi connectivity index (χ0) is 39.9. The molecule has 12 heteroatoms. The van der Waals surface area contributed by atoms with Gasteiger partial charge in [-0.25, -0.2) is 14.8 Å². The summed E-state index contributed by atoms with van der Waals surface area (Å²) in [5, 5.41) is 6.01. The molecule has 5 aromatic rings. The van der Waals surface area contributed by atoms with E-state index in [9.17, 15) is 14.4 Å². The van der Waals surface area contributed by atoms with Crippen molar-refractivity contribution in [3.8, 4) is 33.6 Å². The number of pyridine rings is 1. The van der Waals surface area contributed by atoms with E-state index in [0.29, 0.717) is 30.8 Å². The maximum atomic E-state index is 13.8. The lowest BCUT2D eigenvalue weighted by Crippen LogP contribution is -2.51. The number of nitrogens with zero attached hydrogens (tertiary/aromatic N) is 4. The normalized spacial score (nSPS) is 23.0. The largest absolute Gasteiger partial charge is 0.453 e. The third-order valence-corrected chi connectivity index (χ3v) is 13.0. The Hall–Kier alpha value is -5.78. The van der Waals surface area contributed by atoms with E-state index < -0.39 is 12.1 Å². The SMILES string of the molecule is COC(=O)N[C@H](C(=O)N1CCC[C@H]1c1ncc(-c2ccc(-c3ccc(-c4cnc([C@H]5C6CCC(C6)[C@@H]5C(=O)NCc5cccnc5C5CC5)[nH]4)cc3)cc2)[nH]1)C(C)C. The molecule has 4 heterocycles. The Kier molecular flexibility index (Phi) is 10.3. The molecule has 4 aliphatic rings. The number of amides is 3. The Labute approximate surface area is 339 Å². The van der Waals surface area contributed by atoms with Crippen molar-refractivity contribution in [2.75, 3.05) is 13.7 Å². The molecule has 0 spiro atoms. The molecule has 3 amide bonds. The lowest BCUT2D eigenvalue weighted by atomic mass is 9.78. The van der Waals surface area contributed by atoms with Gasteiger partial charge >= 0.3 is 6.09 Å². The molecule has 9 rings (SSSR count). The van der Waals surface area contributed by atoms with Gasteiger partial charge < -0.3 is 30.2 Å². The lowest BCUT2D eigenvalue weighted by molar-refractivity contribution is -0.135. The minimum absolute atomic E-state index is 0.0709. The number of hydrogen-bond donors (Lipinski definition) is 4. The van der Waals surface area contributed by atoms with Crippen LogP contribution in [0, 0.1) is 23.7 Å². The number of nitrogens with one attached hydrogen (secondary N) is 4. The van der Waals surface area contributed by atoms with Crippen LogP contribution >= 0.6 is 0 Å². The van der Waals surface area contributed by atoms with E-state index in [0.717, 1.165) is 88.7 Å². The summed E-state index contributed by atoms with van der Waals surface area (Å²) in [7, 11) is 1.30. The molecule has 3 aromatic heterocycles. The summed E-state index contributed by atoms with van der Waals surface area (Å²) < 4.78 is 4.77. The number of hydrogen-bond acceptors (Lipinski definition) is 7. The summed E-state index contributed by atoms with van der Waals surface area (Å²) in [4.78, 5) is 62.5. The maximum Gasteiger partial charge on any atom is 0.407 e. The molecule has 4 fully saturated rings. The number of carbonyl (C=O) groups excluding carboxylic acids is 3. The summed E-state index contributed by atoms with van der Waals surface area (Å²) in [6.07, 6.45) is 12.4. The number of rotatable bonds is 12. The number of aromatic nitrogens is 5. The molecular weight excluding hydrogens is 729 g/mol. The Morgan fingerprint density at radius 2 is 1.45 bits per heavy atom. The fourth-order valence-electron chi connectivity index (χ4n) is 9.87. The molecule has 0 radical (unpaired) electrons. The first kappa shape index (κ1) is 37.8. The number of imidazole rings is 2. The summed E-state index contributed by atoms with van der Waals surface area (Å²) in [6.45, 7) is 4.96. The van der Waals surface area contributed by atoms with Crippen LogP contribution in [0.3, 0.4) is 0 Å². The van der Waals surface area contributed by atoms with Crippen LogP contribution < -0.4 is 10.6 Å². The van der Waals surface area contributed by atoms with Crippen LogP contribution in [0.25, 0.3) is 33.6 Å². The van der Waals surface area contributed by atoms with Gasteiger partial charge in [0.25, 0.3) is 0 Å². The van der Waals surface area contributed by atoms with Crippen molar-refractivity contribution in [1.82, 2.24) is 40.5 Å². The van der Waals surface area contributed by atoms with Gasteiger partial charge in [0.2, 0.25) is 11.8 Å². The molecule has 6 atom stereocenters. The number of H-pyrrole nitrogens is 2. The van der Waals surface area contributed by atoms with Gasteiger partial charge in [-0.3, -0.25) is 14.6 Å². The molecule has 300 valence electrons. The van der Waals surface area contributed by atoms with E-state index >= 15 is 0 Å². The molecule has 3 saturated carbocycles. The van der Waals surface area contributed by atoms with E-state index in [1.807, 2.05) is 43.4 Å². The Balaban J connectivity index is 0.846. The molecule has 2 aromatic carbocycles. The first-order valence-corrected chi connectivity index (χ1v) is 20.9. The zero-order valence-corrected chi connectivity index (χ0v) is 33.4. The zero-order valence-electron chi connectivity index (χ0n) is 33.4. The van der Waals surface area contributed by atoms with E-state index in [2.05, 4.69) is 80.2 Å². The number of ether oxygens (including phenoxy) is 1. The van der Waals surface area contributed by atoms with Crippen molar-refractivity contribution in [3.63, 3.8) is 0 Å². The summed E-state index contributed by atoms with van der Waals surface area (Å²) in [6, 6.07) is 20.1. The third-order valence-electron chi connectivity index (χ3n) is 13.0. The number of fused-ring (bicyclic) bond motifs is 2. The summed E-state index contributed by atoms with van der Waals surface area (Å²) in [5.41, 5.74) is 8.37. The fourth-order valence-corrected chi connectivity index (χ4v) is 9.87. The predicted molar refractivity (Wildman–Crippen MR) is 220 cm³/mol. The standard InChI is InChI=1S/C46H52N8O4/c1-26(2)40(53-46(57)58-3)45(56)54-21-5-7-37(54)42-48-24-35(51-42)29-12-8-27(9-13-29)28-10-14-30(15-11-28)36-25-49-43(52-36)38-32-18-19-33(22-32)39(38)44(55)50-23-34-6-4-20-47-41(34)31-16-17-31/h4,6,8-15,20,24-26,31-33,37-40H,5,7,16-19,21-23H2,1-3H3,(H,48,51)(H,49,52)(H,50,55)(H,53,57)/t32?,33?,37-,38-,39-,40-/m0/s1. The molecule has 2 unspecified atom stereocenters. The molecule has 58 heavy (non-hydrogen) atoms. The second-order valence-corrected chi connectivity index (χ2v) is 17.0. The highest BCUT2D eigenvalue weighted by molar-refractivity contribution is 5.86. The van der Waals surface area contributed by atoms with Gasteiger partial charge in [0, 0.05) is 36.8 Å². The van der Waals surface area contributed by atoms with Gasteiger partial charge in [-0.05, 0) is 96.6 Å². The highest BCUT2D eigenvalue weighted by atomic mass is 16.5. The summed E-state index contributed by atoms with van der Waals surface area (Å²) >= 11 is 0. The van der Waals surface area contributed by atoms with Crippen molar-refractivity contribution in [2.24, 2.45) is 23.7 Å². The van der Waals surface area contributed by atoms with Crippen LogP contribution in [-0.4, -0.2) is 67.4 Å². The van der Waals surface area contributed by atoms with Crippen LogP contribution in [0.2, 0.25) is 0 Å². The first-order valence-electron chi connectivity index (χ1n) is 20.9. The number of alkyl carbamates (subject to hydrolysis) is 1. The van der Waals surface area contributed by atoms with Gasteiger partial charge in [-0.15, -0.1) is 0 Å². The van der Waals surface area contributed by atoms with Gasteiger partial charge in [-0.2, -0.15) is 0 Å². The average molecular weight is 781 g/mol. The van der Waals surface area contributed by atoms with E-state index in [4.69, 9.17) is 14.7 Å². The van der Waals surface area contributed by atoms with Crippen molar-refractivity contribution in [2.45, 2.75) is 89.3 Å². The fraction of sp³-hybridized carbons (Fsp3) is 0.435. The number of carbonyl (C=O) groups is 3. The Morgan fingerprint density at radius 1 is 0.810 bits per heavy atom. The van der Waals surface area contributed by atoms with E-state index in [1.165, 1.54) is 20.0 Å². The molecule has 1 saturated heterocycles. The van der Waals surface area contributed by atoms with Crippen molar-refractivity contribution >= 4 is 17.9 Å². The molecule has 2 bridgehead atoms. The third kappa shape index (κ3) is 7.40. The second-order valence-electron chi connectivity index (χ2n) is 17.0. The van der Waals surface area contributed by atoms with E-state index in [-0.39, 0.29) is 35.6 Å². The number of benzene rings is 2. The smallest absolute Gasteiger partial charge is 0.407 e. The Morgan fingerprint density at radius 3 is 2.10 bits per heavy atom. The van der Waals surface area contributed by atoms with Crippen LogP contribution in [0.1, 0.15) is 99.6 Å². The number of likely N-dealkylation sites (tertiary alicyclic amines) is 1. The van der Waals surface area contributed by atoms with Gasteiger partial charge in [0.05, 0.1) is 42.9 Å². The monoisotopic (exact) mass is 780 g/mol. The van der Waals surface area contributed by atoms with Crippen molar-refractivity contribution in [1.29, 1.82) is 0 Å². The molecule has 4 N–H and O–H groups in total. The maximum absolute atomic E-state index is 13.8. The minimum Gasteiger partial charge on any atom is -0.453 e. The highest BCUT2D eigenvalue weighted by Gasteiger charge is 2.52.